The molecule has 7 heteroatoms. The number of hydrogen-bond acceptors (Lipinski definition) is 3. The number of halogens is 1. The molecule has 0 bridgehead atoms. The second-order valence-corrected chi connectivity index (χ2v) is 0.224. The van der Waals surface area contributed by atoms with Gasteiger partial charge in [0.1, 0.15) is 0 Å². The van der Waals surface area contributed by atoms with Gasteiger partial charge in [0, 0.05) is 0 Å². The van der Waals surface area contributed by atoms with Crippen molar-refractivity contribution in [1.82, 2.24) is 0 Å². The van der Waals surface area contributed by atoms with Crippen molar-refractivity contribution in [2.24, 2.45) is 0 Å². The summed E-state index contributed by atoms with van der Waals surface area (Å²) in [6, 6.07) is 0. The zero-order valence-electron chi connectivity index (χ0n) is 2.93. The van der Waals surface area contributed by atoms with Crippen LogP contribution in [0, 0.1) is 15.3 Å². The van der Waals surface area contributed by atoms with Crippen molar-refractivity contribution < 1.29 is 34.6 Å². The summed E-state index contributed by atoms with van der Waals surface area (Å²) in [5.41, 5.74) is 0. The van der Waals surface area contributed by atoms with E-state index in [2.05, 4.69) is 0 Å². The van der Waals surface area contributed by atoms with Crippen molar-refractivity contribution in [3.8, 4) is 0 Å². The Morgan fingerprint density at radius 3 is 1.29 bits per heavy atom. The van der Waals surface area contributed by atoms with E-state index < -0.39 is 5.09 Å². The van der Waals surface area contributed by atoms with Gasteiger partial charge in [0.05, 0.1) is 5.09 Å². The minimum Gasteiger partial charge on any atom is -1.00 e. The van der Waals surface area contributed by atoms with Crippen molar-refractivity contribution in [3.63, 3.8) is 0 Å². The molecule has 0 spiro atoms. The molecule has 0 aromatic heterocycles. The minimum absolute atomic E-state index is 0. The van der Waals surface area contributed by atoms with Gasteiger partial charge in [0.2, 0.25) is 0 Å². The SMILES string of the molecule is O=[N+]([O-])[O-].[Cl-].[Mn+2].[Sn+4]. The summed E-state index contributed by atoms with van der Waals surface area (Å²) < 4.78 is 0. The molecule has 0 atom stereocenters. The number of hydrogen-bond donors (Lipinski definition) is 0. The molecule has 7 heavy (non-hydrogen) atoms. The topological polar surface area (TPSA) is 66.2 Å². The Hall–Kier alpha value is 0.808. The van der Waals surface area contributed by atoms with Crippen LogP contribution >= 0.6 is 0 Å². The average molecular weight is 271 g/mol. The molecule has 0 aromatic rings. The van der Waals surface area contributed by atoms with Gasteiger partial charge in [0.25, 0.3) is 0 Å². The first-order chi connectivity index (χ1) is 1.73. The van der Waals surface area contributed by atoms with Gasteiger partial charge < -0.3 is 27.7 Å². The van der Waals surface area contributed by atoms with E-state index in [1.54, 1.807) is 0 Å². The fraction of sp³-hybridized carbons (Fsp3) is 0. The molecule has 4 nitrogen and oxygen atoms in total. The van der Waals surface area contributed by atoms with E-state index in [9.17, 15) is 0 Å². The molecule has 37 valence electrons. The second kappa shape index (κ2) is 15.8. The van der Waals surface area contributed by atoms with E-state index in [0.717, 1.165) is 0 Å². The Bertz CT molecular complexity index is 37.9. The molecule has 0 saturated carbocycles. The molecule has 0 aromatic carbocycles. The normalized spacial score (nSPS) is 3.43. The molecule has 0 aliphatic carbocycles. The van der Waals surface area contributed by atoms with Crippen LogP contribution in [0.4, 0.5) is 0 Å². The maximum Gasteiger partial charge on any atom is 4.00 e. The van der Waals surface area contributed by atoms with Crippen LogP contribution in [-0.4, -0.2) is 29.0 Å². The van der Waals surface area contributed by atoms with Gasteiger partial charge in [-0.3, -0.25) is 0 Å². The van der Waals surface area contributed by atoms with Crippen molar-refractivity contribution in [2.45, 2.75) is 0 Å². The molecule has 0 unspecified atom stereocenters. The van der Waals surface area contributed by atoms with Crippen LogP contribution in [0.25, 0.3) is 0 Å². The number of nitrogens with zero attached hydrogens (tertiary/aromatic N) is 1. The molecule has 0 saturated heterocycles. The van der Waals surface area contributed by atoms with E-state index in [1.165, 1.54) is 0 Å². The second-order valence-electron chi connectivity index (χ2n) is 0.224. The van der Waals surface area contributed by atoms with E-state index in [0.29, 0.717) is 0 Å². The van der Waals surface area contributed by atoms with Crippen LogP contribution in [0.2, 0.25) is 0 Å². The molecule has 1 radical (unpaired) electrons. The molecule has 0 heterocycles. The summed E-state index contributed by atoms with van der Waals surface area (Å²) in [5.74, 6) is 0. The molecule has 0 amide bonds. The molecule has 0 fully saturated rings. The fourth-order valence-corrected chi connectivity index (χ4v) is 0. The van der Waals surface area contributed by atoms with Gasteiger partial charge >= 0.3 is 41.0 Å². The van der Waals surface area contributed by atoms with E-state index in [1.807, 2.05) is 0 Å². The summed E-state index contributed by atoms with van der Waals surface area (Å²) in [6.07, 6.45) is 0. The monoisotopic (exact) mass is 272 g/mol. The molecular formula is ClMnNO3Sn+4. The Kier molecular flexibility index (Phi) is 56.5. The smallest absolute Gasteiger partial charge is 1.00 e. The van der Waals surface area contributed by atoms with E-state index in [-0.39, 0.29) is 53.4 Å². The summed E-state index contributed by atoms with van der Waals surface area (Å²) in [4.78, 5) is 8.25. The molecule has 0 aliphatic heterocycles. The van der Waals surface area contributed by atoms with Crippen LogP contribution < -0.4 is 12.4 Å². The quantitative estimate of drug-likeness (QED) is 0.259. The van der Waals surface area contributed by atoms with Crippen molar-refractivity contribution in [3.05, 3.63) is 15.3 Å². The maximum absolute atomic E-state index is 8.25. The summed E-state index contributed by atoms with van der Waals surface area (Å²) in [7, 11) is 0. The molecule has 0 rings (SSSR count). The van der Waals surface area contributed by atoms with Gasteiger partial charge in [-0.1, -0.05) is 0 Å². The predicted octanol–water partition coefficient (Wildman–Crippen LogP) is -3.62. The van der Waals surface area contributed by atoms with Crippen LogP contribution in [0.1, 0.15) is 0 Å². The van der Waals surface area contributed by atoms with Gasteiger partial charge in [0.15, 0.2) is 0 Å². The van der Waals surface area contributed by atoms with Crippen molar-refractivity contribution in [1.29, 1.82) is 0 Å². The standard InChI is InChI=1S/ClH.Mn.NO3.Sn/c;;2-1(3)4;/h1H;;;/q;+2;-1;+4/p-1. The largest absolute Gasteiger partial charge is 4.00 e. The maximum atomic E-state index is 8.25. The number of rotatable bonds is 0. The third kappa shape index (κ3) is 241. The van der Waals surface area contributed by atoms with Crippen LogP contribution in [0.5, 0.6) is 0 Å². The van der Waals surface area contributed by atoms with Crippen LogP contribution in [0.15, 0.2) is 0 Å². The first kappa shape index (κ1) is 25.0. The van der Waals surface area contributed by atoms with Crippen LogP contribution in [0.3, 0.4) is 0 Å². The summed E-state index contributed by atoms with van der Waals surface area (Å²) >= 11 is 0. The van der Waals surface area contributed by atoms with Crippen LogP contribution in [-0.2, 0) is 17.1 Å². The molecule has 0 N–H and O–H groups in total. The first-order valence-electron chi connectivity index (χ1n) is 0.548. The van der Waals surface area contributed by atoms with Crippen molar-refractivity contribution in [2.75, 3.05) is 0 Å². The van der Waals surface area contributed by atoms with Gasteiger partial charge in [-0.15, -0.1) is 0 Å². The third-order valence-corrected chi connectivity index (χ3v) is 0. The average Bonchev–Trinajstić information content (AvgIpc) is 0.811. The van der Waals surface area contributed by atoms with Gasteiger partial charge in [-0.2, -0.15) is 0 Å². The van der Waals surface area contributed by atoms with Gasteiger partial charge in [-0.25, -0.2) is 0 Å². The Morgan fingerprint density at radius 1 is 1.29 bits per heavy atom. The van der Waals surface area contributed by atoms with Crippen molar-refractivity contribution >= 4 is 23.9 Å². The summed E-state index contributed by atoms with van der Waals surface area (Å²) in [6.45, 7) is 0. The predicted molar refractivity (Wildman–Crippen MR) is 16.1 cm³/mol. The molecular weight excluding hydrogens is 271 g/mol. The Balaban J connectivity index is -0.0000000150. The van der Waals surface area contributed by atoms with Gasteiger partial charge in [-0.05, 0) is 0 Å². The summed E-state index contributed by atoms with van der Waals surface area (Å²) in [5, 5.41) is 14.8. The Morgan fingerprint density at radius 2 is 1.29 bits per heavy atom. The zero-order chi connectivity index (χ0) is 3.58. The van der Waals surface area contributed by atoms with E-state index >= 15 is 0 Å². The Labute approximate surface area is 73.6 Å². The molecule has 0 aliphatic rings. The fourth-order valence-electron chi connectivity index (χ4n) is 0. The van der Waals surface area contributed by atoms with E-state index in [4.69, 9.17) is 15.3 Å². The third-order valence-electron chi connectivity index (χ3n) is 0. The zero-order valence-corrected chi connectivity index (χ0v) is 7.72. The first-order valence-corrected chi connectivity index (χ1v) is 0.548. The minimum atomic E-state index is -1.75.